The molecule has 0 aliphatic heterocycles. The van der Waals surface area contributed by atoms with E-state index in [4.69, 9.17) is 39.9 Å². The Morgan fingerprint density at radius 3 is 1.50 bits per heavy atom. The van der Waals surface area contributed by atoms with E-state index >= 15 is 0 Å². The van der Waals surface area contributed by atoms with E-state index in [0.717, 1.165) is 7.11 Å². The predicted molar refractivity (Wildman–Crippen MR) is 33.4 cm³/mol. The molecule has 0 fully saturated rings. The van der Waals surface area contributed by atoms with E-state index in [1.54, 1.807) is 0 Å². The second kappa shape index (κ2) is 8.40. The van der Waals surface area contributed by atoms with Gasteiger partial charge in [-0.2, -0.15) is 0 Å². The smallest absolute Gasteiger partial charge is 0.545 e. The van der Waals surface area contributed by atoms with Crippen LogP contribution in [0, 0.1) is 0 Å². The summed E-state index contributed by atoms with van der Waals surface area (Å²) >= 11 is 14.2. The van der Waals surface area contributed by atoms with Gasteiger partial charge in [0.2, 0.25) is 3.79 Å². The summed E-state index contributed by atoms with van der Waals surface area (Å²) in [7, 11) is 1.00. The standard InChI is InChI=1S/C2HCl3O2.CH4O.Na/c3-2(4,5)1(6)7;1-2;/h(H,6,7);2H,1H3;/q;;+1/p-1. The summed E-state index contributed by atoms with van der Waals surface area (Å²) in [5.41, 5.74) is 0. The zero-order valence-electron chi connectivity index (χ0n) is 5.40. The molecule has 0 rings (SSSR count). The van der Waals surface area contributed by atoms with Gasteiger partial charge in [0.05, 0.1) is 5.97 Å². The van der Waals surface area contributed by atoms with Gasteiger partial charge in [-0.15, -0.1) is 0 Å². The van der Waals surface area contributed by atoms with Gasteiger partial charge in [0, 0.05) is 7.11 Å². The van der Waals surface area contributed by atoms with Crippen molar-refractivity contribution in [2.24, 2.45) is 0 Å². The molecule has 0 unspecified atom stereocenters. The average Bonchev–Trinajstić information content (AvgIpc) is 1.69. The number of carbonyl (C=O) groups excluding carboxylic acids is 1. The van der Waals surface area contributed by atoms with Crippen LogP contribution in [0.3, 0.4) is 0 Å². The van der Waals surface area contributed by atoms with Gasteiger partial charge in [-0.1, -0.05) is 34.8 Å². The van der Waals surface area contributed by atoms with Gasteiger partial charge in [-0.25, -0.2) is 0 Å². The van der Waals surface area contributed by atoms with E-state index in [0.29, 0.717) is 0 Å². The molecule has 0 aromatic rings. The molecule has 0 atom stereocenters. The number of carbonyl (C=O) groups is 1. The summed E-state index contributed by atoms with van der Waals surface area (Å²) in [6.45, 7) is 0. The molecule has 0 aliphatic carbocycles. The predicted octanol–water partition coefficient (Wildman–Crippen LogP) is -3.28. The Labute approximate surface area is 95.5 Å². The number of carboxylic acid groups (broad SMARTS) is 1. The third kappa shape index (κ3) is 12.0. The van der Waals surface area contributed by atoms with Crippen molar-refractivity contribution >= 4 is 40.8 Å². The Morgan fingerprint density at radius 2 is 1.50 bits per heavy atom. The molecule has 0 aliphatic rings. The van der Waals surface area contributed by atoms with Crippen LogP contribution in [0.2, 0.25) is 0 Å². The summed E-state index contributed by atoms with van der Waals surface area (Å²) in [6, 6.07) is 0. The maximum absolute atomic E-state index is 9.51. The van der Waals surface area contributed by atoms with Crippen LogP contribution in [0.1, 0.15) is 0 Å². The molecule has 7 heteroatoms. The van der Waals surface area contributed by atoms with Crippen molar-refractivity contribution in [2.75, 3.05) is 7.11 Å². The summed E-state index contributed by atoms with van der Waals surface area (Å²) in [4.78, 5) is 9.51. The van der Waals surface area contributed by atoms with Gasteiger partial charge in [-0.3, -0.25) is 0 Å². The monoisotopic (exact) mass is 216 g/mol. The molecule has 56 valence electrons. The summed E-state index contributed by atoms with van der Waals surface area (Å²) in [5, 5.41) is 16.5. The number of hydrogen-bond acceptors (Lipinski definition) is 3. The van der Waals surface area contributed by atoms with Crippen LogP contribution >= 0.6 is 34.8 Å². The Balaban J connectivity index is -0.000000149. The van der Waals surface area contributed by atoms with E-state index in [-0.39, 0.29) is 29.6 Å². The van der Waals surface area contributed by atoms with Gasteiger partial charge in [0.15, 0.2) is 0 Å². The molecular formula is C3H4Cl3NaO3. The largest absolute Gasteiger partial charge is 1.00 e. The fourth-order valence-electron chi connectivity index (χ4n) is 0. The minimum Gasteiger partial charge on any atom is -0.545 e. The van der Waals surface area contributed by atoms with Crippen LogP contribution in [0.4, 0.5) is 0 Å². The summed E-state index contributed by atoms with van der Waals surface area (Å²) < 4.78 is -2.28. The van der Waals surface area contributed by atoms with Crippen LogP contribution < -0.4 is 34.7 Å². The fraction of sp³-hybridized carbons (Fsp3) is 0.667. The van der Waals surface area contributed by atoms with E-state index in [1.165, 1.54) is 0 Å². The average molecular weight is 217 g/mol. The third-order valence-electron chi connectivity index (χ3n) is 0.231. The number of aliphatic hydroxyl groups is 1. The van der Waals surface area contributed by atoms with Crippen molar-refractivity contribution < 1.29 is 44.6 Å². The van der Waals surface area contributed by atoms with Gasteiger partial charge in [-0.05, 0) is 0 Å². The minimum absolute atomic E-state index is 0. The SMILES string of the molecule is CO.O=C([O-])C(Cl)(Cl)Cl.[Na+]. The first-order chi connectivity index (χ1) is 3.94. The topological polar surface area (TPSA) is 60.4 Å². The summed E-state index contributed by atoms with van der Waals surface area (Å²) in [5.74, 6) is -1.71. The van der Waals surface area contributed by atoms with E-state index in [1.807, 2.05) is 0 Å². The molecule has 0 heterocycles. The van der Waals surface area contributed by atoms with Crippen LogP contribution in [0.25, 0.3) is 0 Å². The Bertz CT molecular complexity index is 91.5. The van der Waals surface area contributed by atoms with Gasteiger partial charge >= 0.3 is 29.6 Å². The number of aliphatic carboxylic acids is 1. The first kappa shape index (κ1) is 17.4. The zero-order chi connectivity index (χ0) is 8.08. The van der Waals surface area contributed by atoms with E-state index < -0.39 is 9.76 Å². The minimum atomic E-state index is -2.28. The molecule has 0 amide bonds. The van der Waals surface area contributed by atoms with Crippen molar-refractivity contribution in [1.29, 1.82) is 0 Å². The van der Waals surface area contributed by atoms with Gasteiger partial charge < -0.3 is 15.0 Å². The molecule has 0 saturated carbocycles. The van der Waals surface area contributed by atoms with Crippen LogP contribution in [0.15, 0.2) is 0 Å². The molecule has 0 spiro atoms. The second-order valence-corrected chi connectivity index (χ2v) is 3.07. The normalized spacial score (nSPS) is 8.50. The molecule has 0 radical (unpaired) electrons. The Kier molecular flexibility index (Phi) is 14.6. The second-order valence-electron chi connectivity index (χ2n) is 0.785. The number of aliphatic hydroxyl groups excluding tert-OH is 1. The van der Waals surface area contributed by atoms with Crippen LogP contribution in [-0.2, 0) is 4.79 Å². The first-order valence-corrected chi connectivity index (χ1v) is 2.81. The molecule has 1 N–H and O–H groups in total. The maximum Gasteiger partial charge on any atom is 1.00 e. The number of rotatable bonds is 0. The zero-order valence-corrected chi connectivity index (χ0v) is 9.67. The van der Waals surface area contributed by atoms with Gasteiger partial charge in [0.25, 0.3) is 0 Å². The van der Waals surface area contributed by atoms with Crippen LogP contribution in [0.5, 0.6) is 0 Å². The van der Waals surface area contributed by atoms with Gasteiger partial charge in [0.1, 0.15) is 0 Å². The molecule has 3 nitrogen and oxygen atoms in total. The van der Waals surface area contributed by atoms with E-state index in [2.05, 4.69) is 0 Å². The number of halogens is 3. The first-order valence-electron chi connectivity index (χ1n) is 1.67. The molecule has 0 bridgehead atoms. The molecular weight excluding hydrogens is 213 g/mol. The third-order valence-corrected chi connectivity index (χ3v) is 0.694. The quantitative estimate of drug-likeness (QED) is 0.342. The fourth-order valence-corrected chi connectivity index (χ4v) is 0. The van der Waals surface area contributed by atoms with Crippen molar-refractivity contribution in [1.82, 2.24) is 0 Å². The molecule has 10 heavy (non-hydrogen) atoms. The molecule has 0 aromatic carbocycles. The number of carboxylic acids is 1. The Morgan fingerprint density at radius 1 is 1.40 bits per heavy atom. The number of alkyl halides is 3. The molecule has 0 saturated heterocycles. The van der Waals surface area contributed by atoms with Crippen molar-refractivity contribution in [3.8, 4) is 0 Å². The van der Waals surface area contributed by atoms with E-state index in [9.17, 15) is 9.90 Å². The maximum atomic E-state index is 9.51. The van der Waals surface area contributed by atoms with Crippen molar-refractivity contribution in [2.45, 2.75) is 3.79 Å². The Hall–Kier alpha value is 1.30. The summed E-state index contributed by atoms with van der Waals surface area (Å²) in [6.07, 6.45) is 0. The van der Waals surface area contributed by atoms with Crippen molar-refractivity contribution in [3.63, 3.8) is 0 Å². The number of hydrogen-bond donors (Lipinski definition) is 1. The van der Waals surface area contributed by atoms with Crippen LogP contribution in [-0.4, -0.2) is 22.0 Å². The molecule has 0 aromatic heterocycles. The van der Waals surface area contributed by atoms with Crippen molar-refractivity contribution in [3.05, 3.63) is 0 Å².